The number of hydrogen-bond acceptors (Lipinski definition) is 15. The summed E-state index contributed by atoms with van der Waals surface area (Å²) in [6.45, 7) is 8.12. The molecule has 6 aromatic rings. The summed E-state index contributed by atoms with van der Waals surface area (Å²) in [5.74, 6) is -11.0. The molecule has 102 heavy (non-hydrogen) atoms. The van der Waals surface area contributed by atoms with Crippen molar-refractivity contribution in [2.75, 3.05) is 6.26 Å². The molecule has 3 aliphatic rings. The lowest BCUT2D eigenvalue weighted by molar-refractivity contribution is -0.155. The highest BCUT2D eigenvalue weighted by atomic mass is 35.5. The standard InChI is InChI=1S/C65H68ClF10N8O15PS2/c1-31(2)97-100(92,98-32(3)4)99-48-20-33(5)19-35(24-50(86)84-46(59(88)89)15-16-47(84)60(90)91)54(48)61(6,7)27-51(87)83(101(93)94)28-45-53-43(66)14-13-40(56(53)82(79-45)30-63(69,70)71)39-12-11-38(17-18-62(8,9)102(10,95)96)77-55(39)44(23-34-21-36(67)25-37(68)22-34)78-49(85)29-81-58-52(57(80-81)65(74,75)76)41-26-42(41)64(58,72)73/h11-14,19-22,25,31-32,41-42,44,46-47H,15-16,23-24,26-30H2,1-10H3,(H,78,85)(H,88,89)(H,90,91)(H,93,94)/t41-,42+,44-,46-,47-/m0/s1. The number of aliphatic carboxylic acids is 2. The molecule has 3 aromatic heterocycles. The van der Waals surface area contributed by atoms with Gasteiger partial charge in [0.15, 0.2) is 15.5 Å². The first kappa shape index (κ1) is 78.1. The van der Waals surface area contributed by atoms with E-state index in [2.05, 4.69) is 32.3 Å². The van der Waals surface area contributed by atoms with E-state index >= 15 is 35.5 Å². The average Bonchev–Trinajstić information content (AvgIpc) is 1.51. The van der Waals surface area contributed by atoms with E-state index in [0.717, 1.165) is 42.7 Å². The second-order valence-electron chi connectivity index (χ2n) is 26.8. The Labute approximate surface area is 584 Å². The third-order valence-electron chi connectivity index (χ3n) is 17.2. The number of halogens is 11. The number of benzene rings is 3. The van der Waals surface area contributed by atoms with Gasteiger partial charge in [-0.2, -0.15) is 45.3 Å². The van der Waals surface area contributed by atoms with Crippen LogP contribution in [-0.4, -0.2) is 132 Å². The number of pyridine rings is 1. The van der Waals surface area contributed by atoms with E-state index in [9.17, 15) is 64.3 Å². The number of hydrogen-bond donors (Lipinski definition) is 4. The van der Waals surface area contributed by atoms with E-state index in [1.165, 1.54) is 74.4 Å². The van der Waals surface area contributed by atoms with Crippen LogP contribution in [0.15, 0.2) is 54.6 Å². The lowest BCUT2D eigenvalue weighted by Gasteiger charge is -2.33. The predicted octanol–water partition coefficient (Wildman–Crippen LogP) is 11.8. The number of sulfone groups is 1. The number of carboxylic acid groups (broad SMARTS) is 2. The molecule has 23 nitrogen and oxygen atoms in total. The van der Waals surface area contributed by atoms with E-state index in [-0.39, 0.29) is 73.1 Å². The Kier molecular flexibility index (Phi) is 21.9. The number of phosphoric acid groups is 1. The zero-order valence-electron chi connectivity index (χ0n) is 55.9. The van der Waals surface area contributed by atoms with Crippen molar-refractivity contribution in [2.45, 2.75) is 185 Å². The van der Waals surface area contributed by atoms with E-state index in [0.29, 0.717) is 15.6 Å². The monoisotopic (exact) mass is 1520 g/mol. The SMILES string of the molecule is Cc1cc(CC(=O)N2[C@H](C(=O)O)CC[C@H]2C(=O)O)c(C(C)(C)CC(=O)N(Cc2nn(CC(F)(F)F)c3c(-c4ccc(C#CC(C)(C)S(C)(=O)=O)nc4[C@H](Cc4cc(F)cc(F)c4)NC(=O)Cn4nc(C(F)(F)F)c5c4C(F)(F)[C@@H]4C[C@H]54)ccc(Cl)c23)S(=O)O)c(OP(=O)(OC(C)C)OC(C)C)c1. The number of carbonyl (C=O) groups is 5. The third kappa shape index (κ3) is 16.8. The molecule has 552 valence electrons. The van der Waals surface area contributed by atoms with E-state index in [1.54, 1.807) is 0 Å². The molecule has 1 saturated carbocycles. The zero-order valence-corrected chi connectivity index (χ0v) is 59.2. The maximum absolute atomic E-state index is 15.9. The van der Waals surface area contributed by atoms with Gasteiger partial charge in [0.25, 0.3) is 17.2 Å². The molecule has 4 N–H and O–H groups in total. The Morgan fingerprint density at radius 3 is 2.03 bits per heavy atom. The lowest BCUT2D eigenvalue weighted by atomic mass is 9.77. The number of alkyl halides is 8. The molecule has 2 fully saturated rings. The summed E-state index contributed by atoms with van der Waals surface area (Å²) in [6, 6.07) is 4.20. The number of carbonyl (C=O) groups excluding carboxylic acids is 3. The van der Waals surface area contributed by atoms with Gasteiger partial charge in [-0.15, -0.1) is 0 Å². The summed E-state index contributed by atoms with van der Waals surface area (Å²) in [7, 11) is -8.71. The molecule has 1 unspecified atom stereocenters. The van der Waals surface area contributed by atoms with Gasteiger partial charge in [0.05, 0.1) is 53.1 Å². The van der Waals surface area contributed by atoms with Crippen LogP contribution in [0.3, 0.4) is 0 Å². The van der Waals surface area contributed by atoms with Crippen LogP contribution in [0.25, 0.3) is 22.0 Å². The first-order valence-corrected chi connectivity index (χ1v) is 36.1. The Bertz CT molecular complexity index is 4590. The fraction of sp³-hybridized carbons (Fsp3) is 0.477. The highest BCUT2D eigenvalue weighted by Gasteiger charge is 2.68. The summed E-state index contributed by atoms with van der Waals surface area (Å²) in [6.07, 6.45) is -14.6. The minimum absolute atomic E-state index is 0.0699. The summed E-state index contributed by atoms with van der Waals surface area (Å²) in [4.78, 5) is 74.1. The van der Waals surface area contributed by atoms with Crippen LogP contribution in [0.5, 0.6) is 5.75 Å². The van der Waals surface area contributed by atoms with Gasteiger partial charge in [0.2, 0.25) is 17.7 Å². The second-order valence-corrected chi connectivity index (χ2v) is 32.1. The number of fused-ring (bicyclic) bond motifs is 4. The number of carboxylic acids is 2. The van der Waals surface area contributed by atoms with Crippen molar-refractivity contribution in [3.05, 3.63) is 128 Å². The minimum Gasteiger partial charge on any atom is -0.480 e. The van der Waals surface area contributed by atoms with Gasteiger partial charge >= 0.3 is 32.1 Å². The Morgan fingerprint density at radius 1 is 0.882 bits per heavy atom. The van der Waals surface area contributed by atoms with Gasteiger partial charge in [0.1, 0.15) is 58.7 Å². The highest BCUT2D eigenvalue weighted by Crippen LogP contribution is 2.68. The fourth-order valence-electron chi connectivity index (χ4n) is 12.8. The topological polar surface area (TPSA) is 309 Å². The summed E-state index contributed by atoms with van der Waals surface area (Å²) in [5, 5.41) is 29.4. The molecular formula is C65H68ClF10N8O15PS2. The number of amides is 3. The largest absolute Gasteiger partial charge is 0.530 e. The van der Waals surface area contributed by atoms with Gasteiger partial charge in [-0.05, 0) is 139 Å². The number of rotatable bonds is 25. The van der Waals surface area contributed by atoms with Crippen molar-refractivity contribution in [3.8, 4) is 28.7 Å². The van der Waals surface area contributed by atoms with Crippen LogP contribution < -0.4 is 9.84 Å². The molecule has 3 amide bonds. The molecule has 0 radical (unpaired) electrons. The van der Waals surface area contributed by atoms with Crippen LogP contribution in [-0.2, 0) is 109 Å². The molecule has 0 bridgehead atoms. The van der Waals surface area contributed by atoms with E-state index in [1.807, 2.05) is 0 Å². The normalized spacial score (nSPS) is 18.2. The number of nitrogens with zero attached hydrogens (tertiary/aromatic N) is 7. The van der Waals surface area contributed by atoms with Gasteiger partial charge in [-0.25, -0.2) is 44.9 Å². The first-order chi connectivity index (χ1) is 47.0. The summed E-state index contributed by atoms with van der Waals surface area (Å²) >= 11 is 3.45. The van der Waals surface area contributed by atoms with Crippen molar-refractivity contribution in [1.29, 1.82) is 0 Å². The van der Waals surface area contributed by atoms with Crippen LogP contribution in [0.4, 0.5) is 43.9 Å². The highest BCUT2D eigenvalue weighted by molar-refractivity contribution is 7.92. The first-order valence-electron chi connectivity index (χ1n) is 31.3. The molecule has 0 spiro atoms. The van der Waals surface area contributed by atoms with Crippen LogP contribution in [0.2, 0.25) is 5.02 Å². The van der Waals surface area contributed by atoms with Gasteiger partial charge in [0, 0.05) is 57.7 Å². The molecule has 9 rings (SSSR count). The maximum Gasteiger partial charge on any atom is 0.530 e. The van der Waals surface area contributed by atoms with Crippen molar-refractivity contribution in [3.63, 3.8) is 0 Å². The molecular weight excluding hydrogens is 1450 g/mol. The predicted molar refractivity (Wildman–Crippen MR) is 346 cm³/mol. The molecule has 1 saturated heterocycles. The van der Waals surface area contributed by atoms with Crippen molar-refractivity contribution in [1.82, 2.24) is 39.1 Å². The van der Waals surface area contributed by atoms with Gasteiger partial charge in [-0.3, -0.25) is 37.3 Å². The van der Waals surface area contributed by atoms with Crippen LogP contribution >= 0.6 is 19.4 Å². The Balaban J connectivity index is 1.19. The average molecular weight is 1520 g/mol. The molecule has 6 atom stereocenters. The number of nitrogens with one attached hydrogen (secondary N) is 1. The number of likely N-dealkylation sites (tertiary alicyclic amines) is 1. The molecule has 4 heterocycles. The molecule has 1 aliphatic heterocycles. The van der Waals surface area contributed by atoms with Crippen molar-refractivity contribution in [2.24, 2.45) is 5.92 Å². The maximum atomic E-state index is 15.9. The van der Waals surface area contributed by atoms with E-state index in [4.69, 9.17) is 25.2 Å². The van der Waals surface area contributed by atoms with Crippen molar-refractivity contribution < 1.29 is 113 Å². The Hall–Kier alpha value is -8.00. The molecule has 3 aromatic carbocycles. The lowest BCUT2D eigenvalue weighted by Crippen LogP contribution is -2.48. The smallest absolute Gasteiger partial charge is 0.480 e. The zero-order chi connectivity index (χ0) is 75.8. The number of phosphoric ester groups is 1. The molecule has 37 heteroatoms. The summed E-state index contributed by atoms with van der Waals surface area (Å²) < 4.78 is 232. The third-order valence-corrected chi connectivity index (χ3v) is 22.0. The van der Waals surface area contributed by atoms with Crippen LogP contribution in [0, 0.1) is 36.3 Å². The van der Waals surface area contributed by atoms with Crippen LogP contribution in [0.1, 0.15) is 149 Å². The second kappa shape index (κ2) is 28.6. The Morgan fingerprint density at radius 2 is 1.48 bits per heavy atom. The number of aryl methyl sites for hydroxylation is 1. The van der Waals surface area contributed by atoms with E-state index < -0.39 is 224 Å². The quantitative estimate of drug-likeness (QED) is 0.0179. The van der Waals surface area contributed by atoms with Crippen molar-refractivity contribution >= 4 is 81.1 Å². The number of aromatic nitrogens is 5. The minimum atomic E-state index is -5.28. The molecule has 2 aliphatic carbocycles. The van der Waals surface area contributed by atoms with Gasteiger partial charge in [-0.1, -0.05) is 43.5 Å². The summed E-state index contributed by atoms with van der Waals surface area (Å²) in [5.41, 5.74) is -8.49. The fourth-order valence-corrected chi connectivity index (χ4v) is 15.3. The van der Waals surface area contributed by atoms with Gasteiger partial charge < -0.3 is 25.0 Å².